The van der Waals surface area contributed by atoms with Gasteiger partial charge in [-0.15, -0.1) is 0 Å². The number of aromatic nitrogens is 2. The Hall–Kier alpha value is -1.98. The molecule has 0 atom stereocenters. The Bertz CT molecular complexity index is 838. The van der Waals surface area contributed by atoms with Crippen molar-refractivity contribution in [3.63, 3.8) is 0 Å². The third kappa shape index (κ3) is 3.04. The van der Waals surface area contributed by atoms with Crippen LogP contribution >= 0.6 is 27.5 Å². The van der Waals surface area contributed by atoms with Gasteiger partial charge in [0.25, 0.3) is 5.91 Å². The predicted octanol–water partition coefficient (Wildman–Crippen LogP) is 4.30. The predicted molar refractivity (Wildman–Crippen MR) is 86.6 cm³/mol. The van der Waals surface area contributed by atoms with E-state index >= 15 is 0 Å². The number of amides is 1. The monoisotopic (exact) mass is 361 g/mol. The van der Waals surface area contributed by atoms with Crippen molar-refractivity contribution in [2.45, 2.75) is 0 Å². The zero-order valence-electron chi connectivity index (χ0n) is 10.7. The Morgan fingerprint density at radius 3 is 2.57 bits per heavy atom. The third-order valence-corrected chi connectivity index (χ3v) is 4.14. The molecule has 0 bridgehead atoms. The molecule has 0 aliphatic rings. The first-order valence-electron chi connectivity index (χ1n) is 6.11. The summed E-state index contributed by atoms with van der Waals surface area (Å²) in [5.74, 6) is -0.229. The summed E-state index contributed by atoms with van der Waals surface area (Å²) in [6.07, 6.45) is 3.24. The summed E-state index contributed by atoms with van der Waals surface area (Å²) in [5.41, 5.74) is 2.65. The van der Waals surface area contributed by atoms with E-state index in [0.717, 1.165) is 15.5 Å². The van der Waals surface area contributed by atoms with Crippen LogP contribution in [-0.4, -0.2) is 15.9 Å². The van der Waals surface area contributed by atoms with E-state index in [-0.39, 0.29) is 5.91 Å². The number of hydrogen-bond donors (Lipinski definition) is 1. The largest absolute Gasteiger partial charge is 0.322 e. The van der Waals surface area contributed by atoms with Crippen LogP contribution in [0.3, 0.4) is 0 Å². The molecule has 1 aromatic heterocycles. The molecule has 2 aromatic carbocycles. The lowest BCUT2D eigenvalue weighted by atomic mass is 10.2. The molecule has 1 N–H and O–H groups in total. The SMILES string of the molecule is O=C(Nc1ccc2nccnc2c1)c1ccc(Br)c(Cl)c1. The molecule has 21 heavy (non-hydrogen) atoms. The average molecular weight is 363 g/mol. The van der Waals surface area contributed by atoms with Crippen LogP contribution in [0.5, 0.6) is 0 Å². The molecule has 0 radical (unpaired) electrons. The fourth-order valence-electron chi connectivity index (χ4n) is 1.88. The number of hydrogen-bond acceptors (Lipinski definition) is 3. The Morgan fingerprint density at radius 1 is 1.05 bits per heavy atom. The van der Waals surface area contributed by atoms with E-state index in [1.165, 1.54) is 0 Å². The van der Waals surface area contributed by atoms with Crippen LogP contribution < -0.4 is 5.32 Å². The molecule has 3 aromatic rings. The van der Waals surface area contributed by atoms with Gasteiger partial charge in [-0.25, -0.2) is 0 Å². The van der Waals surface area contributed by atoms with Crippen LogP contribution in [0.1, 0.15) is 10.4 Å². The summed E-state index contributed by atoms with van der Waals surface area (Å²) in [7, 11) is 0. The number of benzene rings is 2. The summed E-state index contributed by atoms with van der Waals surface area (Å²) in [6.45, 7) is 0. The molecular weight excluding hydrogens is 354 g/mol. The first-order valence-corrected chi connectivity index (χ1v) is 7.28. The van der Waals surface area contributed by atoms with Gasteiger partial charge in [-0.3, -0.25) is 14.8 Å². The number of nitrogens with one attached hydrogen (secondary N) is 1. The Balaban J connectivity index is 1.87. The van der Waals surface area contributed by atoms with E-state index < -0.39 is 0 Å². The van der Waals surface area contributed by atoms with Gasteiger partial charge in [-0.2, -0.15) is 0 Å². The molecule has 6 heteroatoms. The van der Waals surface area contributed by atoms with Crippen molar-refractivity contribution in [2.75, 3.05) is 5.32 Å². The van der Waals surface area contributed by atoms with Crippen molar-refractivity contribution in [1.82, 2.24) is 9.97 Å². The molecule has 0 unspecified atom stereocenters. The number of nitrogens with zero attached hydrogens (tertiary/aromatic N) is 2. The van der Waals surface area contributed by atoms with Gasteiger partial charge in [0.15, 0.2) is 0 Å². The van der Waals surface area contributed by atoms with Crippen molar-refractivity contribution in [3.8, 4) is 0 Å². The van der Waals surface area contributed by atoms with E-state index in [2.05, 4.69) is 31.2 Å². The lowest BCUT2D eigenvalue weighted by Crippen LogP contribution is -2.11. The second kappa shape index (κ2) is 5.79. The Kier molecular flexibility index (Phi) is 3.86. The van der Waals surface area contributed by atoms with Crippen molar-refractivity contribution >= 4 is 50.2 Å². The van der Waals surface area contributed by atoms with Crippen LogP contribution in [0.15, 0.2) is 53.3 Å². The Labute approximate surface area is 134 Å². The van der Waals surface area contributed by atoms with Crippen molar-refractivity contribution < 1.29 is 4.79 Å². The zero-order valence-corrected chi connectivity index (χ0v) is 13.0. The van der Waals surface area contributed by atoms with E-state index in [9.17, 15) is 4.79 Å². The number of carbonyl (C=O) groups excluding carboxylic acids is 1. The molecule has 0 aliphatic heterocycles. The van der Waals surface area contributed by atoms with Crippen molar-refractivity contribution in [1.29, 1.82) is 0 Å². The molecule has 0 saturated carbocycles. The number of halogens is 2. The fraction of sp³-hybridized carbons (Fsp3) is 0. The number of rotatable bonds is 2. The molecule has 1 amide bonds. The summed E-state index contributed by atoms with van der Waals surface area (Å²) >= 11 is 9.29. The van der Waals surface area contributed by atoms with Crippen molar-refractivity contribution in [3.05, 3.63) is 63.9 Å². The molecule has 1 heterocycles. The number of anilines is 1. The summed E-state index contributed by atoms with van der Waals surface area (Å²) in [5, 5.41) is 3.31. The van der Waals surface area contributed by atoms with Gasteiger partial charge in [0.1, 0.15) is 0 Å². The van der Waals surface area contributed by atoms with Gasteiger partial charge in [0.2, 0.25) is 0 Å². The Morgan fingerprint density at radius 2 is 1.81 bits per heavy atom. The standard InChI is InChI=1S/C15H9BrClN3O/c16-11-3-1-9(7-12(11)17)15(21)20-10-2-4-13-14(8-10)19-6-5-18-13/h1-8H,(H,20,21). The van der Waals surface area contributed by atoms with Gasteiger partial charge >= 0.3 is 0 Å². The molecule has 0 saturated heterocycles. The van der Waals surface area contributed by atoms with Crippen LogP contribution in [0.2, 0.25) is 5.02 Å². The van der Waals surface area contributed by atoms with Gasteiger partial charge in [-0.1, -0.05) is 11.6 Å². The number of carbonyl (C=O) groups is 1. The maximum absolute atomic E-state index is 12.2. The fourth-order valence-corrected chi connectivity index (χ4v) is 2.31. The zero-order chi connectivity index (χ0) is 14.8. The molecule has 0 aliphatic carbocycles. The smallest absolute Gasteiger partial charge is 0.255 e. The highest BCUT2D eigenvalue weighted by molar-refractivity contribution is 9.10. The van der Waals surface area contributed by atoms with Crippen molar-refractivity contribution in [2.24, 2.45) is 0 Å². The van der Waals surface area contributed by atoms with Gasteiger partial charge in [0.05, 0.1) is 16.1 Å². The molecule has 104 valence electrons. The molecule has 0 spiro atoms. The maximum Gasteiger partial charge on any atom is 0.255 e. The minimum atomic E-state index is -0.229. The maximum atomic E-state index is 12.2. The summed E-state index contributed by atoms with van der Waals surface area (Å²) < 4.78 is 0.752. The topological polar surface area (TPSA) is 54.9 Å². The van der Waals surface area contributed by atoms with E-state index in [1.54, 1.807) is 42.7 Å². The summed E-state index contributed by atoms with van der Waals surface area (Å²) in [4.78, 5) is 20.6. The van der Waals surface area contributed by atoms with E-state index in [1.807, 2.05) is 6.07 Å². The minimum Gasteiger partial charge on any atom is -0.322 e. The van der Waals surface area contributed by atoms with Crippen LogP contribution in [0.25, 0.3) is 11.0 Å². The first-order chi connectivity index (χ1) is 10.1. The highest BCUT2D eigenvalue weighted by atomic mass is 79.9. The van der Waals surface area contributed by atoms with Gasteiger partial charge in [-0.05, 0) is 52.3 Å². The second-order valence-corrected chi connectivity index (χ2v) is 5.60. The summed E-state index contributed by atoms with van der Waals surface area (Å²) in [6, 6.07) is 10.4. The normalized spacial score (nSPS) is 10.6. The highest BCUT2D eigenvalue weighted by Crippen LogP contribution is 2.24. The molecule has 4 nitrogen and oxygen atoms in total. The van der Waals surface area contributed by atoms with Gasteiger partial charge in [0, 0.05) is 28.1 Å². The lowest BCUT2D eigenvalue weighted by molar-refractivity contribution is 0.102. The molecular formula is C15H9BrClN3O. The molecule has 0 fully saturated rings. The highest BCUT2D eigenvalue weighted by Gasteiger charge is 2.09. The number of fused-ring (bicyclic) bond motifs is 1. The van der Waals surface area contributed by atoms with E-state index in [0.29, 0.717) is 16.3 Å². The van der Waals surface area contributed by atoms with Crippen LogP contribution in [0, 0.1) is 0 Å². The first kappa shape index (κ1) is 14.0. The molecule has 3 rings (SSSR count). The van der Waals surface area contributed by atoms with E-state index in [4.69, 9.17) is 11.6 Å². The van der Waals surface area contributed by atoms with Gasteiger partial charge < -0.3 is 5.32 Å². The van der Waals surface area contributed by atoms with Crippen LogP contribution in [-0.2, 0) is 0 Å². The average Bonchev–Trinajstić information content (AvgIpc) is 2.50. The lowest BCUT2D eigenvalue weighted by Gasteiger charge is -2.07. The third-order valence-electron chi connectivity index (χ3n) is 2.91. The quantitative estimate of drug-likeness (QED) is 0.739. The minimum absolute atomic E-state index is 0.229. The second-order valence-electron chi connectivity index (χ2n) is 4.34. The van der Waals surface area contributed by atoms with Crippen LogP contribution in [0.4, 0.5) is 5.69 Å².